The zero-order valence-corrected chi connectivity index (χ0v) is 13.2. The van der Waals surface area contributed by atoms with E-state index >= 15 is 0 Å². The standard InChI is InChI=1S/C16H30N2O/c1-6-16(17,7-2)13(19)18-12-14(3,4)11-8-9-15(12,5)10-11/h11-12H,6-10,17H2,1-5H3,(H,18,19). The first-order valence-electron chi connectivity index (χ1n) is 7.79. The van der Waals surface area contributed by atoms with E-state index in [4.69, 9.17) is 5.73 Å². The van der Waals surface area contributed by atoms with Gasteiger partial charge in [0, 0.05) is 6.04 Å². The minimum Gasteiger partial charge on any atom is -0.351 e. The number of amides is 1. The Morgan fingerprint density at radius 2 is 1.89 bits per heavy atom. The Morgan fingerprint density at radius 1 is 1.32 bits per heavy atom. The fourth-order valence-electron chi connectivity index (χ4n) is 4.51. The van der Waals surface area contributed by atoms with Crippen LogP contribution >= 0.6 is 0 Å². The van der Waals surface area contributed by atoms with Crippen molar-refractivity contribution in [2.75, 3.05) is 0 Å². The number of carbonyl (C=O) groups excluding carboxylic acids is 1. The molecule has 1 amide bonds. The average Bonchev–Trinajstić information content (AvgIpc) is 2.84. The third kappa shape index (κ3) is 2.10. The van der Waals surface area contributed by atoms with Crippen LogP contribution in [0, 0.1) is 16.7 Å². The summed E-state index contributed by atoms with van der Waals surface area (Å²) in [5.74, 6) is 0.794. The van der Waals surface area contributed by atoms with E-state index < -0.39 is 5.54 Å². The fraction of sp³-hybridized carbons (Fsp3) is 0.938. The van der Waals surface area contributed by atoms with Crippen LogP contribution in [0.3, 0.4) is 0 Å². The molecule has 0 heterocycles. The summed E-state index contributed by atoms with van der Waals surface area (Å²) in [6.45, 7) is 10.9. The predicted octanol–water partition coefficient (Wildman–Crippen LogP) is 2.83. The molecular formula is C16H30N2O. The summed E-state index contributed by atoms with van der Waals surface area (Å²) in [7, 11) is 0. The maximum Gasteiger partial charge on any atom is 0.240 e. The Balaban J connectivity index is 2.17. The molecule has 2 rings (SSSR count). The lowest BCUT2D eigenvalue weighted by atomic mass is 9.68. The van der Waals surface area contributed by atoms with Crippen molar-refractivity contribution in [3.8, 4) is 0 Å². The lowest BCUT2D eigenvalue weighted by molar-refractivity contribution is -0.129. The van der Waals surface area contributed by atoms with Gasteiger partial charge in [-0.05, 0) is 48.9 Å². The third-order valence-electron chi connectivity index (χ3n) is 6.26. The molecular weight excluding hydrogens is 236 g/mol. The second-order valence-electron chi connectivity index (χ2n) is 7.68. The fourth-order valence-corrected chi connectivity index (χ4v) is 4.51. The van der Waals surface area contributed by atoms with E-state index in [1.807, 2.05) is 13.8 Å². The van der Waals surface area contributed by atoms with Crippen LogP contribution in [0.15, 0.2) is 0 Å². The highest BCUT2D eigenvalue weighted by atomic mass is 16.2. The number of hydrogen-bond acceptors (Lipinski definition) is 2. The van der Waals surface area contributed by atoms with Gasteiger partial charge in [0.25, 0.3) is 0 Å². The van der Waals surface area contributed by atoms with Crippen LogP contribution in [-0.4, -0.2) is 17.5 Å². The highest BCUT2D eigenvalue weighted by Gasteiger charge is 2.60. The largest absolute Gasteiger partial charge is 0.351 e. The van der Waals surface area contributed by atoms with Crippen molar-refractivity contribution in [3.05, 3.63) is 0 Å². The first-order chi connectivity index (χ1) is 8.69. The first-order valence-corrected chi connectivity index (χ1v) is 7.79. The number of nitrogens with two attached hydrogens (primary N) is 1. The third-order valence-corrected chi connectivity index (χ3v) is 6.26. The van der Waals surface area contributed by atoms with E-state index in [0.29, 0.717) is 12.8 Å². The summed E-state index contributed by atoms with van der Waals surface area (Å²) in [4.78, 5) is 12.6. The molecule has 0 spiro atoms. The van der Waals surface area contributed by atoms with Crippen molar-refractivity contribution in [1.82, 2.24) is 5.32 Å². The Labute approximate surface area is 117 Å². The van der Waals surface area contributed by atoms with Gasteiger partial charge in [-0.15, -0.1) is 0 Å². The van der Waals surface area contributed by atoms with E-state index in [1.165, 1.54) is 19.3 Å². The molecule has 0 radical (unpaired) electrons. The molecule has 3 atom stereocenters. The van der Waals surface area contributed by atoms with E-state index in [-0.39, 0.29) is 22.8 Å². The van der Waals surface area contributed by atoms with Gasteiger partial charge in [0.2, 0.25) is 5.91 Å². The Hall–Kier alpha value is -0.570. The topological polar surface area (TPSA) is 55.1 Å². The minimum atomic E-state index is -0.700. The van der Waals surface area contributed by atoms with Gasteiger partial charge in [-0.25, -0.2) is 0 Å². The number of hydrogen-bond donors (Lipinski definition) is 2. The van der Waals surface area contributed by atoms with Gasteiger partial charge in [-0.2, -0.15) is 0 Å². The van der Waals surface area contributed by atoms with E-state index in [2.05, 4.69) is 26.1 Å². The van der Waals surface area contributed by atoms with Crippen LogP contribution in [0.25, 0.3) is 0 Å². The molecule has 0 saturated heterocycles. The summed E-state index contributed by atoms with van der Waals surface area (Å²) in [5.41, 5.74) is 6.01. The second kappa shape index (κ2) is 4.47. The van der Waals surface area contributed by atoms with Gasteiger partial charge < -0.3 is 11.1 Å². The molecule has 0 aromatic heterocycles. The molecule has 0 aromatic rings. The van der Waals surface area contributed by atoms with Crippen LogP contribution in [0.2, 0.25) is 0 Å². The van der Waals surface area contributed by atoms with E-state index in [9.17, 15) is 4.79 Å². The van der Waals surface area contributed by atoms with Gasteiger partial charge >= 0.3 is 0 Å². The number of carbonyl (C=O) groups is 1. The number of fused-ring (bicyclic) bond motifs is 2. The van der Waals surface area contributed by atoms with Crippen molar-refractivity contribution < 1.29 is 4.79 Å². The van der Waals surface area contributed by atoms with Crippen LogP contribution in [0.1, 0.15) is 66.7 Å². The lowest BCUT2D eigenvalue weighted by Crippen LogP contribution is -2.60. The Kier molecular flexibility index (Phi) is 3.49. The summed E-state index contributed by atoms with van der Waals surface area (Å²) >= 11 is 0. The highest BCUT2D eigenvalue weighted by molar-refractivity contribution is 5.86. The number of nitrogens with one attached hydrogen (secondary N) is 1. The summed E-state index contributed by atoms with van der Waals surface area (Å²) < 4.78 is 0. The van der Waals surface area contributed by atoms with Gasteiger partial charge in [0.05, 0.1) is 5.54 Å². The molecule has 2 saturated carbocycles. The maximum atomic E-state index is 12.6. The quantitative estimate of drug-likeness (QED) is 0.822. The summed E-state index contributed by atoms with van der Waals surface area (Å²) in [6, 6.07) is 0.271. The van der Waals surface area contributed by atoms with Crippen molar-refractivity contribution in [2.45, 2.75) is 78.3 Å². The van der Waals surface area contributed by atoms with Crippen LogP contribution in [-0.2, 0) is 4.79 Å². The molecule has 0 aromatic carbocycles. The molecule has 2 bridgehead atoms. The zero-order valence-electron chi connectivity index (χ0n) is 13.2. The van der Waals surface area contributed by atoms with Crippen LogP contribution in [0.4, 0.5) is 0 Å². The first kappa shape index (κ1) is 14.8. The van der Waals surface area contributed by atoms with Crippen molar-refractivity contribution >= 4 is 5.91 Å². The normalized spacial score (nSPS) is 36.5. The molecule has 0 aliphatic heterocycles. The van der Waals surface area contributed by atoms with Crippen molar-refractivity contribution in [2.24, 2.45) is 22.5 Å². The van der Waals surface area contributed by atoms with Gasteiger partial charge in [-0.3, -0.25) is 4.79 Å². The SMILES string of the molecule is CCC(N)(CC)C(=O)NC1C2(C)CCC(C2)C1(C)C. The molecule has 110 valence electrons. The van der Waals surface area contributed by atoms with Gasteiger partial charge in [-0.1, -0.05) is 34.6 Å². The van der Waals surface area contributed by atoms with Gasteiger partial charge in [0.15, 0.2) is 0 Å². The predicted molar refractivity (Wildman–Crippen MR) is 78.7 cm³/mol. The highest BCUT2D eigenvalue weighted by Crippen LogP contribution is 2.62. The maximum absolute atomic E-state index is 12.6. The second-order valence-corrected chi connectivity index (χ2v) is 7.68. The van der Waals surface area contributed by atoms with Gasteiger partial charge in [0.1, 0.15) is 0 Å². The van der Waals surface area contributed by atoms with Crippen molar-refractivity contribution in [3.63, 3.8) is 0 Å². The van der Waals surface area contributed by atoms with E-state index in [1.54, 1.807) is 0 Å². The molecule has 3 nitrogen and oxygen atoms in total. The van der Waals surface area contributed by atoms with E-state index in [0.717, 1.165) is 5.92 Å². The van der Waals surface area contributed by atoms with Crippen LogP contribution in [0.5, 0.6) is 0 Å². The Bertz CT molecular complexity index is 368. The molecule has 3 heteroatoms. The number of rotatable bonds is 4. The van der Waals surface area contributed by atoms with Crippen LogP contribution < -0.4 is 11.1 Å². The lowest BCUT2D eigenvalue weighted by Gasteiger charge is -2.44. The molecule has 2 aliphatic carbocycles. The average molecular weight is 266 g/mol. The minimum absolute atomic E-state index is 0.0457. The molecule has 19 heavy (non-hydrogen) atoms. The zero-order chi connectivity index (χ0) is 14.5. The summed E-state index contributed by atoms with van der Waals surface area (Å²) in [5, 5.41) is 3.32. The van der Waals surface area contributed by atoms with Crippen molar-refractivity contribution in [1.29, 1.82) is 0 Å². The molecule has 2 fully saturated rings. The molecule has 3 unspecified atom stereocenters. The molecule has 3 N–H and O–H groups in total. The smallest absolute Gasteiger partial charge is 0.240 e. The monoisotopic (exact) mass is 266 g/mol. The Morgan fingerprint density at radius 3 is 2.32 bits per heavy atom. The summed E-state index contributed by atoms with van der Waals surface area (Å²) in [6.07, 6.45) is 5.19. The molecule has 2 aliphatic rings.